The fourth-order valence-electron chi connectivity index (χ4n) is 1.86. The molecular formula is C12H24N4O. The van der Waals surface area contributed by atoms with Gasteiger partial charge in [0.05, 0.1) is 13.2 Å². The van der Waals surface area contributed by atoms with E-state index in [-0.39, 0.29) is 0 Å². The van der Waals surface area contributed by atoms with Crippen LogP contribution in [-0.4, -0.2) is 28.5 Å². The van der Waals surface area contributed by atoms with Crippen molar-refractivity contribution < 1.29 is 4.74 Å². The van der Waals surface area contributed by atoms with Crippen LogP contribution >= 0.6 is 0 Å². The summed E-state index contributed by atoms with van der Waals surface area (Å²) < 4.78 is 7.19. The molecule has 0 aliphatic carbocycles. The van der Waals surface area contributed by atoms with Gasteiger partial charge in [-0.1, -0.05) is 26.2 Å². The summed E-state index contributed by atoms with van der Waals surface area (Å²) in [6, 6.07) is 0. The zero-order valence-corrected chi connectivity index (χ0v) is 11.0. The van der Waals surface area contributed by atoms with Crippen LogP contribution in [0.5, 0.6) is 0 Å². The average Bonchev–Trinajstić information content (AvgIpc) is 2.74. The number of aromatic nitrogens is 3. The van der Waals surface area contributed by atoms with Crippen LogP contribution in [0.15, 0.2) is 0 Å². The number of nitrogens with zero attached hydrogens (tertiary/aromatic N) is 3. The Morgan fingerprint density at radius 1 is 1.18 bits per heavy atom. The van der Waals surface area contributed by atoms with Gasteiger partial charge in [0.2, 0.25) is 0 Å². The summed E-state index contributed by atoms with van der Waals surface area (Å²) in [5.41, 5.74) is 5.65. The van der Waals surface area contributed by atoms with Crippen LogP contribution in [0.4, 0.5) is 0 Å². The summed E-state index contributed by atoms with van der Waals surface area (Å²) >= 11 is 0. The number of rotatable bonds is 9. The topological polar surface area (TPSA) is 66.0 Å². The Morgan fingerprint density at radius 2 is 1.94 bits per heavy atom. The molecule has 0 aliphatic rings. The number of aryl methyl sites for hydroxylation is 1. The lowest BCUT2D eigenvalue weighted by Crippen LogP contribution is -2.14. The number of unbranched alkanes of at least 4 members (excludes halogenated alkanes) is 3. The summed E-state index contributed by atoms with van der Waals surface area (Å²) in [6.45, 7) is 4.12. The third-order valence-electron chi connectivity index (χ3n) is 2.86. The van der Waals surface area contributed by atoms with Gasteiger partial charge in [-0.3, -0.25) is 0 Å². The third kappa shape index (κ3) is 4.44. The van der Waals surface area contributed by atoms with E-state index in [2.05, 4.69) is 21.7 Å². The van der Waals surface area contributed by atoms with Gasteiger partial charge in [0.1, 0.15) is 11.6 Å². The van der Waals surface area contributed by atoms with E-state index in [1.165, 1.54) is 25.7 Å². The fraction of sp³-hybridized carbons (Fsp3) is 0.833. The molecule has 0 saturated heterocycles. The van der Waals surface area contributed by atoms with Crippen LogP contribution in [-0.2, 0) is 24.2 Å². The molecule has 5 nitrogen and oxygen atoms in total. The van der Waals surface area contributed by atoms with Crippen LogP contribution in [0, 0.1) is 0 Å². The summed E-state index contributed by atoms with van der Waals surface area (Å²) in [5.74, 6) is 1.89. The number of nitrogens with two attached hydrogens (primary N) is 1. The largest absolute Gasteiger partial charge is 0.383 e. The molecule has 0 atom stereocenters. The van der Waals surface area contributed by atoms with Crippen molar-refractivity contribution in [2.24, 2.45) is 5.73 Å². The molecule has 1 heterocycles. The van der Waals surface area contributed by atoms with E-state index in [1.54, 1.807) is 7.11 Å². The van der Waals surface area contributed by atoms with E-state index >= 15 is 0 Å². The summed E-state index contributed by atoms with van der Waals surface area (Å²) in [4.78, 5) is 0. The van der Waals surface area contributed by atoms with Crippen molar-refractivity contribution in [2.45, 2.75) is 52.1 Å². The number of hydrogen-bond acceptors (Lipinski definition) is 4. The van der Waals surface area contributed by atoms with Gasteiger partial charge in [-0.15, -0.1) is 10.2 Å². The highest BCUT2D eigenvalue weighted by molar-refractivity contribution is 4.96. The predicted molar refractivity (Wildman–Crippen MR) is 67.6 cm³/mol. The highest BCUT2D eigenvalue weighted by Gasteiger charge is 2.09. The second-order valence-corrected chi connectivity index (χ2v) is 4.19. The molecule has 0 amide bonds. The molecule has 17 heavy (non-hydrogen) atoms. The molecule has 2 N–H and O–H groups in total. The van der Waals surface area contributed by atoms with Gasteiger partial charge in [0.25, 0.3) is 0 Å². The molecule has 0 radical (unpaired) electrons. The minimum Gasteiger partial charge on any atom is -0.383 e. The first-order valence-corrected chi connectivity index (χ1v) is 6.43. The van der Waals surface area contributed by atoms with Crippen molar-refractivity contribution in [1.82, 2.24) is 14.8 Å². The molecule has 0 bridgehead atoms. The smallest absolute Gasteiger partial charge is 0.146 e. The first kappa shape index (κ1) is 14.1. The third-order valence-corrected chi connectivity index (χ3v) is 2.86. The number of ether oxygens (including phenoxy) is 1. The molecule has 1 aromatic rings. The molecule has 1 rings (SSSR count). The van der Waals surface area contributed by atoms with E-state index in [1.807, 2.05) is 0 Å². The molecule has 0 aromatic carbocycles. The van der Waals surface area contributed by atoms with Gasteiger partial charge in [-0.05, 0) is 6.42 Å². The SMILES string of the molecule is CCCCCCc1nnc(CN)n1CCOC. The molecule has 5 heteroatoms. The van der Waals surface area contributed by atoms with E-state index < -0.39 is 0 Å². The quantitative estimate of drug-likeness (QED) is 0.664. The summed E-state index contributed by atoms with van der Waals surface area (Å²) in [5, 5.41) is 8.33. The van der Waals surface area contributed by atoms with Gasteiger partial charge in [0, 0.05) is 20.1 Å². The zero-order valence-electron chi connectivity index (χ0n) is 11.0. The standard InChI is InChI=1S/C12H24N4O/c1-3-4-5-6-7-11-14-15-12(10-13)16(11)8-9-17-2/h3-10,13H2,1-2H3. The lowest BCUT2D eigenvalue weighted by molar-refractivity contribution is 0.185. The van der Waals surface area contributed by atoms with E-state index in [9.17, 15) is 0 Å². The van der Waals surface area contributed by atoms with E-state index in [0.29, 0.717) is 13.2 Å². The van der Waals surface area contributed by atoms with Crippen molar-refractivity contribution >= 4 is 0 Å². The Bertz CT molecular complexity index is 311. The Kier molecular flexibility index (Phi) is 6.81. The van der Waals surface area contributed by atoms with E-state index in [4.69, 9.17) is 10.5 Å². The normalized spacial score (nSPS) is 11.0. The number of hydrogen-bond donors (Lipinski definition) is 1. The van der Waals surface area contributed by atoms with Crippen molar-refractivity contribution in [3.63, 3.8) is 0 Å². The lowest BCUT2D eigenvalue weighted by Gasteiger charge is -2.08. The molecule has 0 fully saturated rings. The van der Waals surface area contributed by atoms with Crippen LogP contribution < -0.4 is 5.73 Å². The van der Waals surface area contributed by atoms with Gasteiger partial charge in [0.15, 0.2) is 0 Å². The van der Waals surface area contributed by atoms with Crippen LogP contribution in [0.3, 0.4) is 0 Å². The number of methoxy groups -OCH3 is 1. The highest BCUT2D eigenvalue weighted by atomic mass is 16.5. The van der Waals surface area contributed by atoms with Gasteiger partial charge in [-0.25, -0.2) is 0 Å². The van der Waals surface area contributed by atoms with Crippen molar-refractivity contribution in [3.05, 3.63) is 11.6 Å². The Hall–Kier alpha value is -0.940. The van der Waals surface area contributed by atoms with E-state index in [0.717, 1.165) is 24.6 Å². The Morgan fingerprint density at radius 3 is 2.59 bits per heavy atom. The van der Waals surface area contributed by atoms with Crippen molar-refractivity contribution in [3.8, 4) is 0 Å². The molecule has 1 aromatic heterocycles. The highest BCUT2D eigenvalue weighted by Crippen LogP contribution is 2.08. The first-order valence-electron chi connectivity index (χ1n) is 6.43. The summed E-state index contributed by atoms with van der Waals surface area (Å²) in [7, 11) is 1.70. The molecule has 0 aliphatic heterocycles. The van der Waals surface area contributed by atoms with Gasteiger partial charge < -0.3 is 15.0 Å². The average molecular weight is 240 g/mol. The van der Waals surface area contributed by atoms with Gasteiger partial charge >= 0.3 is 0 Å². The maximum atomic E-state index is 5.65. The first-order chi connectivity index (χ1) is 8.33. The molecule has 98 valence electrons. The summed E-state index contributed by atoms with van der Waals surface area (Å²) in [6.07, 6.45) is 5.95. The second-order valence-electron chi connectivity index (χ2n) is 4.19. The Balaban J connectivity index is 2.53. The lowest BCUT2D eigenvalue weighted by atomic mass is 10.1. The molecule has 0 unspecified atom stereocenters. The van der Waals surface area contributed by atoms with Crippen LogP contribution in [0.1, 0.15) is 44.3 Å². The minimum absolute atomic E-state index is 0.436. The van der Waals surface area contributed by atoms with Crippen LogP contribution in [0.2, 0.25) is 0 Å². The molecular weight excluding hydrogens is 216 g/mol. The van der Waals surface area contributed by atoms with Gasteiger partial charge in [-0.2, -0.15) is 0 Å². The minimum atomic E-state index is 0.436. The fourth-order valence-corrected chi connectivity index (χ4v) is 1.86. The maximum absolute atomic E-state index is 5.65. The monoisotopic (exact) mass is 240 g/mol. The van der Waals surface area contributed by atoms with Crippen molar-refractivity contribution in [1.29, 1.82) is 0 Å². The molecule has 0 saturated carbocycles. The van der Waals surface area contributed by atoms with Crippen LogP contribution in [0.25, 0.3) is 0 Å². The second kappa shape index (κ2) is 8.20. The zero-order chi connectivity index (χ0) is 12.5. The Labute approximate surface area is 103 Å². The molecule has 0 spiro atoms. The maximum Gasteiger partial charge on any atom is 0.146 e. The predicted octanol–water partition coefficient (Wildman–Crippen LogP) is 1.51. The van der Waals surface area contributed by atoms with Crippen molar-refractivity contribution in [2.75, 3.05) is 13.7 Å².